The molecule has 2 heterocycles. The molecule has 114 valence electrons. The molecule has 0 amide bonds. The van der Waals surface area contributed by atoms with E-state index in [-0.39, 0.29) is 0 Å². The van der Waals surface area contributed by atoms with Crippen LogP contribution in [0.2, 0.25) is 0 Å². The molecular weight excluding hydrogens is 264 g/mol. The van der Waals surface area contributed by atoms with Gasteiger partial charge in [-0.1, -0.05) is 18.9 Å². The summed E-state index contributed by atoms with van der Waals surface area (Å²) in [6.07, 6.45) is 4.11. The maximum Gasteiger partial charge on any atom is 0.161 e. The molecule has 0 spiro atoms. The highest BCUT2D eigenvalue weighted by Gasteiger charge is 2.31. The molecule has 4 rings (SSSR count). The van der Waals surface area contributed by atoms with Crippen molar-refractivity contribution in [3.63, 3.8) is 0 Å². The topological polar surface area (TPSA) is 33.7 Å². The molecule has 1 aromatic rings. The maximum atomic E-state index is 5.77. The minimum atomic E-state index is 0.537. The zero-order valence-electron chi connectivity index (χ0n) is 12.5. The summed E-state index contributed by atoms with van der Waals surface area (Å²) in [5.74, 6) is 2.75. The summed E-state index contributed by atoms with van der Waals surface area (Å²) in [7, 11) is 0. The number of ether oxygens (including phenoxy) is 2. The van der Waals surface area contributed by atoms with Crippen molar-refractivity contribution in [2.45, 2.75) is 25.3 Å². The molecular formula is C17H24N2O2. The van der Waals surface area contributed by atoms with Crippen molar-refractivity contribution in [1.29, 1.82) is 0 Å². The van der Waals surface area contributed by atoms with Crippen LogP contribution in [-0.2, 0) is 0 Å². The van der Waals surface area contributed by atoms with Crippen molar-refractivity contribution in [3.8, 4) is 11.5 Å². The minimum Gasteiger partial charge on any atom is -0.486 e. The fraction of sp³-hybridized carbons (Fsp3) is 0.647. The van der Waals surface area contributed by atoms with E-state index in [4.69, 9.17) is 9.47 Å². The molecule has 1 N–H and O–H groups in total. The van der Waals surface area contributed by atoms with Crippen LogP contribution in [0.1, 0.15) is 30.9 Å². The Morgan fingerprint density at radius 2 is 1.86 bits per heavy atom. The largest absolute Gasteiger partial charge is 0.486 e. The molecule has 0 unspecified atom stereocenters. The molecule has 0 radical (unpaired) electrons. The highest BCUT2D eigenvalue weighted by molar-refractivity contribution is 5.44. The third-order valence-corrected chi connectivity index (χ3v) is 4.80. The molecule has 1 atom stereocenters. The van der Waals surface area contributed by atoms with Crippen LogP contribution in [0.4, 0.5) is 0 Å². The second-order valence-electron chi connectivity index (χ2n) is 6.38. The average Bonchev–Trinajstić information content (AvgIpc) is 3.37. The van der Waals surface area contributed by atoms with E-state index in [1.54, 1.807) is 0 Å². The predicted octanol–water partition coefficient (Wildman–Crippen LogP) is 2.20. The first-order chi connectivity index (χ1) is 10.4. The molecule has 2 fully saturated rings. The van der Waals surface area contributed by atoms with Crippen LogP contribution in [0, 0.1) is 5.92 Å². The molecule has 0 bridgehead atoms. The summed E-state index contributed by atoms with van der Waals surface area (Å²) in [6.45, 7) is 5.82. The van der Waals surface area contributed by atoms with Gasteiger partial charge in [-0.15, -0.1) is 0 Å². The summed E-state index contributed by atoms with van der Waals surface area (Å²) < 4.78 is 11.4. The number of nitrogens with one attached hydrogen (secondary N) is 1. The number of nitrogens with zero attached hydrogens (tertiary/aromatic N) is 1. The Bertz CT molecular complexity index is 496. The number of piperazine rings is 1. The van der Waals surface area contributed by atoms with E-state index in [0.29, 0.717) is 19.3 Å². The van der Waals surface area contributed by atoms with Gasteiger partial charge in [0.15, 0.2) is 11.5 Å². The van der Waals surface area contributed by atoms with E-state index in [1.807, 2.05) is 0 Å². The van der Waals surface area contributed by atoms with Crippen LogP contribution < -0.4 is 14.8 Å². The molecule has 4 heteroatoms. The Hall–Kier alpha value is -1.26. The SMILES string of the molecule is c1cc2c(cc1[C@@H](CC1CC1)N1CCNCC1)OCCO2. The van der Waals surface area contributed by atoms with Crippen molar-refractivity contribution in [2.24, 2.45) is 5.92 Å². The van der Waals surface area contributed by atoms with Crippen LogP contribution in [-0.4, -0.2) is 44.3 Å². The molecule has 1 saturated carbocycles. The summed E-state index contributed by atoms with van der Waals surface area (Å²) >= 11 is 0. The van der Waals surface area contributed by atoms with Crippen LogP contribution in [0.5, 0.6) is 11.5 Å². The van der Waals surface area contributed by atoms with Crippen molar-refractivity contribution in [3.05, 3.63) is 23.8 Å². The Labute approximate surface area is 126 Å². The Morgan fingerprint density at radius 1 is 1.10 bits per heavy atom. The minimum absolute atomic E-state index is 0.537. The zero-order chi connectivity index (χ0) is 14.1. The third-order valence-electron chi connectivity index (χ3n) is 4.80. The number of benzene rings is 1. The van der Waals surface area contributed by atoms with Gasteiger partial charge in [-0.25, -0.2) is 0 Å². The predicted molar refractivity (Wildman–Crippen MR) is 82.0 cm³/mol. The molecule has 1 aliphatic carbocycles. The number of hydrogen-bond donors (Lipinski definition) is 1. The lowest BCUT2D eigenvalue weighted by Gasteiger charge is -2.36. The molecule has 1 saturated heterocycles. The molecule has 3 aliphatic rings. The monoisotopic (exact) mass is 288 g/mol. The Kier molecular flexibility index (Phi) is 3.74. The molecule has 1 aromatic carbocycles. The normalized spacial score (nSPS) is 23.8. The smallest absolute Gasteiger partial charge is 0.161 e. The Balaban J connectivity index is 1.58. The summed E-state index contributed by atoms with van der Waals surface area (Å²) in [5, 5.41) is 3.45. The van der Waals surface area contributed by atoms with Crippen LogP contribution >= 0.6 is 0 Å². The van der Waals surface area contributed by atoms with E-state index >= 15 is 0 Å². The van der Waals surface area contributed by atoms with Crippen LogP contribution in [0.3, 0.4) is 0 Å². The molecule has 21 heavy (non-hydrogen) atoms. The van der Waals surface area contributed by atoms with Gasteiger partial charge in [0.2, 0.25) is 0 Å². The Morgan fingerprint density at radius 3 is 2.62 bits per heavy atom. The van der Waals surface area contributed by atoms with E-state index in [9.17, 15) is 0 Å². The zero-order valence-corrected chi connectivity index (χ0v) is 12.5. The first-order valence-electron chi connectivity index (χ1n) is 8.24. The fourth-order valence-electron chi connectivity index (χ4n) is 3.43. The maximum absolute atomic E-state index is 5.77. The molecule has 4 nitrogen and oxygen atoms in total. The third kappa shape index (κ3) is 3.01. The van der Waals surface area contributed by atoms with Gasteiger partial charge in [-0.2, -0.15) is 0 Å². The molecule has 0 aromatic heterocycles. The highest BCUT2D eigenvalue weighted by atomic mass is 16.6. The first kappa shape index (κ1) is 13.4. The van der Waals surface area contributed by atoms with Gasteiger partial charge in [-0.05, 0) is 30.0 Å². The fourth-order valence-corrected chi connectivity index (χ4v) is 3.43. The highest BCUT2D eigenvalue weighted by Crippen LogP contribution is 2.42. The first-order valence-corrected chi connectivity index (χ1v) is 8.24. The lowest BCUT2D eigenvalue weighted by Crippen LogP contribution is -2.45. The van der Waals surface area contributed by atoms with Crippen molar-refractivity contribution in [1.82, 2.24) is 10.2 Å². The van der Waals surface area contributed by atoms with Gasteiger partial charge in [0.05, 0.1) is 0 Å². The van der Waals surface area contributed by atoms with Gasteiger partial charge < -0.3 is 14.8 Å². The van der Waals surface area contributed by atoms with E-state index < -0.39 is 0 Å². The number of rotatable bonds is 4. The standard InChI is InChI=1S/C17H24N2O2/c1-2-13(1)11-15(19-7-5-18-6-8-19)14-3-4-16-17(12-14)21-10-9-20-16/h3-4,12-13,15,18H,1-2,5-11H2/t15-/m1/s1. The van der Waals surface area contributed by atoms with Crippen molar-refractivity contribution in [2.75, 3.05) is 39.4 Å². The van der Waals surface area contributed by atoms with Gasteiger partial charge in [0.1, 0.15) is 13.2 Å². The van der Waals surface area contributed by atoms with Crippen LogP contribution in [0.25, 0.3) is 0 Å². The summed E-state index contributed by atoms with van der Waals surface area (Å²) in [5.41, 5.74) is 1.40. The van der Waals surface area contributed by atoms with E-state index in [1.165, 1.54) is 24.8 Å². The van der Waals surface area contributed by atoms with Gasteiger partial charge in [-0.3, -0.25) is 4.90 Å². The van der Waals surface area contributed by atoms with Crippen molar-refractivity contribution >= 4 is 0 Å². The quantitative estimate of drug-likeness (QED) is 0.921. The molecule has 2 aliphatic heterocycles. The second-order valence-corrected chi connectivity index (χ2v) is 6.38. The van der Waals surface area contributed by atoms with Gasteiger partial charge in [0, 0.05) is 32.2 Å². The lowest BCUT2D eigenvalue weighted by molar-refractivity contribution is 0.156. The average molecular weight is 288 g/mol. The lowest BCUT2D eigenvalue weighted by atomic mass is 9.98. The number of fused-ring (bicyclic) bond motifs is 1. The van der Waals surface area contributed by atoms with Gasteiger partial charge in [0.25, 0.3) is 0 Å². The van der Waals surface area contributed by atoms with Gasteiger partial charge >= 0.3 is 0 Å². The van der Waals surface area contributed by atoms with E-state index in [2.05, 4.69) is 28.4 Å². The number of hydrogen-bond acceptors (Lipinski definition) is 4. The summed E-state index contributed by atoms with van der Waals surface area (Å²) in [6, 6.07) is 7.08. The van der Waals surface area contributed by atoms with E-state index in [0.717, 1.165) is 43.6 Å². The summed E-state index contributed by atoms with van der Waals surface area (Å²) in [4.78, 5) is 2.64. The van der Waals surface area contributed by atoms with Crippen LogP contribution in [0.15, 0.2) is 18.2 Å². The van der Waals surface area contributed by atoms with Crippen molar-refractivity contribution < 1.29 is 9.47 Å². The second kappa shape index (κ2) is 5.85.